The fourth-order valence-electron chi connectivity index (χ4n) is 3.38. The van der Waals surface area contributed by atoms with Crippen molar-refractivity contribution in [1.29, 1.82) is 0 Å². The van der Waals surface area contributed by atoms with E-state index in [1.165, 1.54) is 0 Å². The fraction of sp³-hybridized carbons (Fsp3) is 0.588. The highest BCUT2D eigenvalue weighted by molar-refractivity contribution is 5.95. The standard InChI is InChI=1S/C17H25N5O/c1-5-7-21-11-16(14(4)19-21)17(23)20-8-6-15(10-20)22-13(3)9-12(2)18-22/h9,11,15H,5-8,10H2,1-4H3/t15-/m0/s1. The lowest BCUT2D eigenvalue weighted by Crippen LogP contribution is -2.29. The third kappa shape index (κ3) is 3.02. The molecule has 2 aromatic rings. The van der Waals surface area contributed by atoms with E-state index < -0.39 is 0 Å². The average Bonchev–Trinajstić information content (AvgIpc) is 3.18. The van der Waals surface area contributed by atoms with Crippen LogP contribution in [0.4, 0.5) is 0 Å². The number of hydrogen-bond donors (Lipinski definition) is 0. The van der Waals surface area contributed by atoms with Crippen LogP contribution in [0.5, 0.6) is 0 Å². The quantitative estimate of drug-likeness (QED) is 0.871. The van der Waals surface area contributed by atoms with Crippen LogP contribution >= 0.6 is 0 Å². The van der Waals surface area contributed by atoms with Crippen LogP contribution in [-0.2, 0) is 6.54 Å². The van der Waals surface area contributed by atoms with Crippen molar-refractivity contribution in [3.63, 3.8) is 0 Å². The maximum atomic E-state index is 12.8. The first-order valence-corrected chi connectivity index (χ1v) is 8.35. The van der Waals surface area contributed by atoms with Gasteiger partial charge in [-0.25, -0.2) is 0 Å². The Morgan fingerprint density at radius 2 is 2.09 bits per heavy atom. The molecule has 0 saturated carbocycles. The number of aromatic nitrogens is 4. The maximum Gasteiger partial charge on any atom is 0.257 e. The molecule has 3 heterocycles. The molecule has 0 N–H and O–H groups in total. The Morgan fingerprint density at radius 1 is 1.30 bits per heavy atom. The van der Waals surface area contributed by atoms with Gasteiger partial charge in [0.15, 0.2) is 0 Å². The summed E-state index contributed by atoms with van der Waals surface area (Å²) < 4.78 is 3.94. The molecule has 23 heavy (non-hydrogen) atoms. The number of rotatable bonds is 4. The van der Waals surface area contributed by atoms with Gasteiger partial charge in [-0.3, -0.25) is 14.2 Å². The number of likely N-dealkylation sites (tertiary alicyclic amines) is 1. The summed E-state index contributed by atoms with van der Waals surface area (Å²) in [6.45, 7) is 10.4. The molecule has 0 bridgehead atoms. The van der Waals surface area contributed by atoms with Gasteiger partial charge in [0.25, 0.3) is 5.91 Å². The van der Waals surface area contributed by atoms with Gasteiger partial charge in [-0.15, -0.1) is 0 Å². The number of carbonyl (C=O) groups excluding carboxylic acids is 1. The Bertz CT molecular complexity index is 715. The van der Waals surface area contributed by atoms with Crippen molar-refractivity contribution in [3.8, 4) is 0 Å². The van der Waals surface area contributed by atoms with Crippen LogP contribution < -0.4 is 0 Å². The molecule has 6 nitrogen and oxygen atoms in total. The maximum absolute atomic E-state index is 12.8. The monoisotopic (exact) mass is 315 g/mol. The number of amides is 1. The van der Waals surface area contributed by atoms with Gasteiger partial charge < -0.3 is 4.90 Å². The molecule has 1 atom stereocenters. The van der Waals surface area contributed by atoms with E-state index in [0.717, 1.165) is 55.1 Å². The molecule has 0 spiro atoms. The van der Waals surface area contributed by atoms with Gasteiger partial charge in [0, 0.05) is 31.5 Å². The number of aryl methyl sites for hydroxylation is 4. The van der Waals surface area contributed by atoms with E-state index in [-0.39, 0.29) is 11.9 Å². The minimum atomic E-state index is 0.0916. The third-order valence-corrected chi connectivity index (χ3v) is 4.47. The van der Waals surface area contributed by atoms with Crippen LogP contribution in [0.3, 0.4) is 0 Å². The van der Waals surface area contributed by atoms with E-state index in [1.807, 2.05) is 29.6 Å². The molecule has 1 amide bonds. The minimum Gasteiger partial charge on any atom is -0.336 e. The Labute approximate surface area is 137 Å². The van der Waals surface area contributed by atoms with Crippen molar-refractivity contribution in [2.24, 2.45) is 0 Å². The predicted octanol–water partition coefficient (Wildman–Crippen LogP) is 2.50. The topological polar surface area (TPSA) is 56.0 Å². The van der Waals surface area contributed by atoms with Crippen LogP contribution in [0.2, 0.25) is 0 Å². The normalized spacial score (nSPS) is 17.9. The van der Waals surface area contributed by atoms with Crippen molar-refractivity contribution in [1.82, 2.24) is 24.5 Å². The number of hydrogen-bond acceptors (Lipinski definition) is 3. The summed E-state index contributed by atoms with van der Waals surface area (Å²) in [7, 11) is 0. The highest BCUT2D eigenvalue weighted by Gasteiger charge is 2.30. The Hall–Kier alpha value is -2.11. The van der Waals surface area contributed by atoms with E-state index in [1.54, 1.807) is 0 Å². The van der Waals surface area contributed by atoms with Crippen LogP contribution in [0, 0.1) is 20.8 Å². The van der Waals surface area contributed by atoms with Crippen LogP contribution in [0.25, 0.3) is 0 Å². The fourth-order valence-corrected chi connectivity index (χ4v) is 3.38. The van der Waals surface area contributed by atoms with E-state index in [4.69, 9.17) is 0 Å². The van der Waals surface area contributed by atoms with E-state index >= 15 is 0 Å². The molecular weight excluding hydrogens is 290 g/mol. The van der Waals surface area contributed by atoms with Gasteiger partial charge in [-0.2, -0.15) is 10.2 Å². The Kier molecular flexibility index (Phi) is 4.24. The highest BCUT2D eigenvalue weighted by Crippen LogP contribution is 2.25. The molecule has 6 heteroatoms. The van der Waals surface area contributed by atoms with Gasteiger partial charge in [-0.1, -0.05) is 6.92 Å². The molecule has 0 radical (unpaired) electrons. The lowest BCUT2D eigenvalue weighted by molar-refractivity contribution is 0.0786. The second kappa shape index (κ2) is 6.18. The van der Waals surface area contributed by atoms with Gasteiger partial charge in [0.1, 0.15) is 0 Å². The van der Waals surface area contributed by atoms with E-state index in [2.05, 4.69) is 34.8 Å². The summed E-state index contributed by atoms with van der Waals surface area (Å²) in [5, 5.41) is 9.01. The SMILES string of the molecule is CCCn1cc(C(=O)N2CC[C@H](n3nc(C)cc3C)C2)c(C)n1. The van der Waals surface area contributed by atoms with Gasteiger partial charge in [0.2, 0.25) is 0 Å². The van der Waals surface area contributed by atoms with E-state index in [9.17, 15) is 4.79 Å². The van der Waals surface area contributed by atoms with Crippen LogP contribution in [-0.4, -0.2) is 43.5 Å². The molecule has 0 aliphatic carbocycles. The Balaban J connectivity index is 1.73. The lowest BCUT2D eigenvalue weighted by Gasteiger charge is -2.17. The number of carbonyl (C=O) groups is 1. The second-order valence-electron chi connectivity index (χ2n) is 6.46. The van der Waals surface area contributed by atoms with Gasteiger partial charge in [0.05, 0.1) is 23.0 Å². The summed E-state index contributed by atoms with van der Waals surface area (Å²) >= 11 is 0. The predicted molar refractivity (Wildman–Crippen MR) is 88.5 cm³/mol. The van der Waals surface area contributed by atoms with Crippen molar-refractivity contribution >= 4 is 5.91 Å². The summed E-state index contributed by atoms with van der Waals surface area (Å²) in [5.41, 5.74) is 3.74. The first kappa shape index (κ1) is 15.8. The smallest absolute Gasteiger partial charge is 0.257 e. The molecule has 2 aromatic heterocycles. The highest BCUT2D eigenvalue weighted by atomic mass is 16.2. The van der Waals surface area contributed by atoms with Gasteiger partial charge >= 0.3 is 0 Å². The van der Waals surface area contributed by atoms with Crippen molar-refractivity contribution in [3.05, 3.63) is 34.9 Å². The molecule has 1 aliphatic rings. The average molecular weight is 315 g/mol. The van der Waals surface area contributed by atoms with Crippen LogP contribution in [0.1, 0.15) is 53.2 Å². The van der Waals surface area contributed by atoms with Crippen LogP contribution in [0.15, 0.2) is 12.3 Å². The molecule has 1 saturated heterocycles. The molecule has 1 fully saturated rings. The molecule has 0 unspecified atom stereocenters. The first-order chi connectivity index (χ1) is 11.0. The summed E-state index contributed by atoms with van der Waals surface area (Å²) in [5.74, 6) is 0.0916. The largest absolute Gasteiger partial charge is 0.336 e. The summed E-state index contributed by atoms with van der Waals surface area (Å²) in [6.07, 6.45) is 3.85. The first-order valence-electron chi connectivity index (χ1n) is 8.35. The van der Waals surface area contributed by atoms with Crippen molar-refractivity contribution < 1.29 is 4.79 Å². The molecule has 1 aliphatic heterocycles. The summed E-state index contributed by atoms with van der Waals surface area (Å²) in [6, 6.07) is 2.36. The lowest BCUT2D eigenvalue weighted by atomic mass is 10.2. The van der Waals surface area contributed by atoms with Crippen molar-refractivity contribution in [2.75, 3.05) is 13.1 Å². The third-order valence-electron chi connectivity index (χ3n) is 4.47. The molecule has 124 valence electrons. The zero-order valence-electron chi connectivity index (χ0n) is 14.4. The molecular formula is C17H25N5O. The van der Waals surface area contributed by atoms with E-state index in [0.29, 0.717) is 0 Å². The minimum absolute atomic E-state index is 0.0916. The summed E-state index contributed by atoms with van der Waals surface area (Å²) in [4.78, 5) is 14.7. The second-order valence-corrected chi connectivity index (χ2v) is 6.46. The Morgan fingerprint density at radius 3 is 2.74 bits per heavy atom. The van der Waals surface area contributed by atoms with Crippen molar-refractivity contribution in [2.45, 2.75) is 53.1 Å². The zero-order valence-corrected chi connectivity index (χ0v) is 14.4. The van der Waals surface area contributed by atoms with Gasteiger partial charge in [-0.05, 0) is 39.7 Å². The zero-order chi connectivity index (χ0) is 16.6. The molecule has 0 aromatic carbocycles. The number of nitrogens with zero attached hydrogens (tertiary/aromatic N) is 5. The molecule has 3 rings (SSSR count).